The molecule has 2 atom stereocenters. The van der Waals surface area contributed by atoms with Gasteiger partial charge in [-0.15, -0.1) is 11.8 Å². The van der Waals surface area contributed by atoms with Gasteiger partial charge in [-0.3, -0.25) is 4.79 Å². The Balaban J connectivity index is 2.35. The molecule has 2 unspecified atom stereocenters. The minimum atomic E-state index is -0.654. The first-order chi connectivity index (χ1) is 4.64. The summed E-state index contributed by atoms with van der Waals surface area (Å²) in [5.74, 6) is 0.644. The highest BCUT2D eigenvalue weighted by atomic mass is 32.2. The van der Waals surface area contributed by atoms with Crippen molar-refractivity contribution in [3.05, 3.63) is 0 Å². The molecule has 0 aromatic rings. The fourth-order valence-corrected chi connectivity index (χ4v) is 2.16. The minimum Gasteiger partial charge on any atom is -0.453 e. The summed E-state index contributed by atoms with van der Waals surface area (Å²) in [6, 6.07) is 0. The molecule has 1 rings (SSSR count). The topological polar surface area (TPSA) is 46.5 Å². The van der Waals surface area contributed by atoms with Crippen molar-refractivity contribution in [1.82, 2.24) is 0 Å². The van der Waals surface area contributed by atoms with Crippen LogP contribution in [0.25, 0.3) is 0 Å². The molecule has 1 saturated heterocycles. The fourth-order valence-electron chi connectivity index (χ4n) is 0.899. The van der Waals surface area contributed by atoms with Gasteiger partial charge in [0.15, 0.2) is 0 Å². The lowest BCUT2D eigenvalue weighted by molar-refractivity contribution is -0.130. The Labute approximate surface area is 63.8 Å². The summed E-state index contributed by atoms with van der Waals surface area (Å²) in [5.41, 5.74) is -0.800. The molecule has 1 heterocycles. The molecule has 3 nitrogen and oxygen atoms in total. The van der Waals surface area contributed by atoms with Gasteiger partial charge in [0.1, 0.15) is 5.44 Å². The predicted molar refractivity (Wildman–Crippen MR) is 38.6 cm³/mol. The van der Waals surface area contributed by atoms with E-state index < -0.39 is 5.60 Å². The molecule has 0 spiro atoms. The van der Waals surface area contributed by atoms with Crippen LogP contribution in [-0.2, 0) is 9.53 Å². The number of aliphatic hydroxyl groups is 1. The molecule has 0 aromatic heterocycles. The van der Waals surface area contributed by atoms with E-state index in [1.54, 1.807) is 6.92 Å². The molecular formula is C6H10O3S. The fraction of sp³-hybridized carbons (Fsp3) is 0.833. The molecule has 4 heteroatoms. The highest BCUT2D eigenvalue weighted by Crippen LogP contribution is 2.34. The maximum atomic E-state index is 9.85. The second kappa shape index (κ2) is 2.80. The summed E-state index contributed by atoms with van der Waals surface area (Å²) in [6.07, 6.45) is 0.538. The molecule has 0 amide bonds. The molecule has 10 heavy (non-hydrogen) atoms. The van der Waals surface area contributed by atoms with E-state index in [4.69, 9.17) is 0 Å². The van der Waals surface area contributed by atoms with Crippen LogP contribution < -0.4 is 0 Å². The van der Waals surface area contributed by atoms with Gasteiger partial charge in [-0.2, -0.15) is 0 Å². The maximum Gasteiger partial charge on any atom is 0.294 e. The van der Waals surface area contributed by atoms with Crippen molar-refractivity contribution in [1.29, 1.82) is 0 Å². The Bertz CT molecular complexity index is 135. The molecule has 1 aliphatic rings. The summed E-state index contributed by atoms with van der Waals surface area (Å²) in [7, 11) is 0. The van der Waals surface area contributed by atoms with Crippen LogP contribution in [0, 0.1) is 0 Å². The number of ether oxygens (including phenoxy) is 1. The van der Waals surface area contributed by atoms with Gasteiger partial charge < -0.3 is 9.84 Å². The Morgan fingerprint density at radius 1 is 1.90 bits per heavy atom. The van der Waals surface area contributed by atoms with E-state index in [1.807, 2.05) is 0 Å². The van der Waals surface area contributed by atoms with Crippen molar-refractivity contribution < 1.29 is 14.6 Å². The lowest BCUT2D eigenvalue weighted by Gasteiger charge is -2.13. The van der Waals surface area contributed by atoms with E-state index >= 15 is 0 Å². The van der Waals surface area contributed by atoms with Gasteiger partial charge >= 0.3 is 0 Å². The molecule has 0 bridgehead atoms. The van der Waals surface area contributed by atoms with E-state index in [0.717, 1.165) is 0 Å². The molecule has 0 saturated carbocycles. The van der Waals surface area contributed by atoms with Gasteiger partial charge in [-0.1, -0.05) is 0 Å². The quantitative estimate of drug-likeness (QED) is 0.596. The molecular weight excluding hydrogens is 152 g/mol. The Morgan fingerprint density at radius 3 is 3.00 bits per heavy atom. The first-order valence-corrected chi connectivity index (χ1v) is 4.12. The zero-order chi connectivity index (χ0) is 7.61. The largest absolute Gasteiger partial charge is 0.453 e. The second-order valence-corrected chi connectivity index (χ2v) is 3.82. The normalized spacial score (nSPS) is 39.6. The lowest BCUT2D eigenvalue weighted by Crippen LogP contribution is -2.23. The van der Waals surface area contributed by atoms with Crippen molar-refractivity contribution in [2.45, 2.75) is 24.4 Å². The predicted octanol–water partition coefficient (Wildman–Crippen LogP) is 0.373. The number of carbonyl (C=O) groups excluding carboxylic acids is 1. The highest BCUT2D eigenvalue weighted by Gasteiger charge is 2.34. The summed E-state index contributed by atoms with van der Waals surface area (Å²) in [6.45, 7) is 2.17. The molecule has 1 fully saturated rings. The standard InChI is InChI=1S/C6H10O3S/c1-6(8)2-5(9-4-7)10-3-6/h4-5,8H,2-3H2,1H3. The first kappa shape index (κ1) is 7.88. The van der Waals surface area contributed by atoms with Crippen molar-refractivity contribution >= 4 is 18.2 Å². The second-order valence-electron chi connectivity index (χ2n) is 2.67. The molecule has 0 aliphatic carbocycles. The summed E-state index contributed by atoms with van der Waals surface area (Å²) in [5, 5.41) is 9.37. The SMILES string of the molecule is CC1(O)CSC(OC=O)C1. The number of rotatable bonds is 2. The zero-order valence-electron chi connectivity index (χ0n) is 5.74. The number of carbonyl (C=O) groups is 1. The third-order valence-electron chi connectivity index (χ3n) is 1.39. The minimum absolute atomic E-state index is 0.146. The number of thioether (sulfide) groups is 1. The van der Waals surface area contributed by atoms with Crippen LogP contribution in [0.3, 0.4) is 0 Å². The monoisotopic (exact) mass is 162 g/mol. The van der Waals surface area contributed by atoms with Crippen molar-refractivity contribution in [2.24, 2.45) is 0 Å². The molecule has 0 aromatic carbocycles. The molecule has 0 radical (unpaired) electrons. The van der Waals surface area contributed by atoms with Crippen LogP contribution in [0.4, 0.5) is 0 Å². The van der Waals surface area contributed by atoms with Crippen LogP contribution in [0.2, 0.25) is 0 Å². The van der Waals surface area contributed by atoms with Crippen LogP contribution in [-0.4, -0.2) is 28.4 Å². The van der Waals surface area contributed by atoms with E-state index in [1.165, 1.54) is 11.8 Å². The van der Waals surface area contributed by atoms with E-state index in [2.05, 4.69) is 4.74 Å². The third kappa shape index (κ3) is 1.88. The third-order valence-corrected chi connectivity index (χ3v) is 2.83. The molecule has 1 aliphatic heterocycles. The lowest BCUT2D eigenvalue weighted by atomic mass is 10.1. The average Bonchev–Trinajstić information content (AvgIpc) is 2.12. The molecule has 1 N–H and O–H groups in total. The van der Waals surface area contributed by atoms with Crippen molar-refractivity contribution in [3.63, 3.8) is 0 Å². The Kier molecular flexibility index (Phi) is 2.21. The van der Waals surface area contributed by atoms with Crippen molar-refractivity contribution in [3.8, 4) is 0 Å². The van der Waals surface area contributed by atoms with Gasteiger partial charge in [-0.05, 0) is 6.92 Å². The Hall–Kier alpha value is -0.220. The zero-order valence-corrected chi connectivity index (χ0v) is 6.56. The van der Waals surface area contributed by atoms with E-state index in [0.29, 0.717) is 18.6 Å². The highest BCUT2D eigenvalue weighted by molar-refractivity contribution is 8.00. The van der Waals surface area contributed by atoms with Crippen LogP contribution in [0.15, 0.2) is 0 Å². The maximum absolute atomic E-state index is 9.85. The van der Waals surface area contributed by atoms with Gasteiger partial charge in [0.25, 0.3) is 6.47 Å². The van der Waals surface area contributed by atoms with Crippen molar-refractivity contribution in [2.75, 3.05) is 5.75 Å². The van der Waals surface area contributed by atoms with Gasteiger partial charge in [-0.25, -0.2) is 0 Å². The van der Waals surface area contributed by atoms with Crippen LogP contribution >= 0.6 is 11.8 Å². The van der Waals surface area contributed by atoms with E-state index in [9.17, 15) is 9.90 Å². The van der Waals surface area contributed by atoms with Gasteiger partial charge in [0.2, 0.25) is 0 Å². The van der Waals surface area contributed by atoms with E-state index in [-0.39, 0.29) is 5.44 Å². The smallest absolute Gasteiger partial charge is 0.294 e. The number of hydrogen-bond acceptors (Lipinski definition) is 4. The van der Waals surface area contributed by atoms with Crippen LogP contribution in [0.5, 0.6) is 0 Å². The van der Waals surface area contributed by atoms with Crippen LogP contribution in [0.1, 0.15) is 13.3 Å². The Morgan fingerprint density at radius 2 is 2.60 bits per heavy atom. The van der Waals surface area contributed by atoms with Gasteiger partial charge in [0.05, 0.1) is 5.60 Å². The first-order valence-electron chi connectivity index (χ1n) is 3.07. The number of hydrogen-bond donors (Lipinski definition) is 1. The molecule has 58 valence electrons. The summed E-state index contributed by atoms with van der Waals surface area (Å²) in [4.78, 5) is 9.85. The summed E-state index contributed by atoms with van der Waals surface area (Å²) < 4.78 is 4.66. The van der Waals surface area contributed by atoms with Gasteiger partial charge in [0, 0.05) is 12.2 Å². The average molecular weight is 162 g/mol. The summed E-state index contributed by atoms with van der Waals surface area (Å²) >= 11 is 1.47.